The fraction of sp³-hybridized carbons (Fsp3) is 0.714. The van der Waals surface area contributed by atoms with Gasteiger partial charge >= 0.3 is 6.18 Å². The van der Waals surface area contributed by atoms with Crippen LogP contribution in [0.2, 0.25) is 0 Å². The average Bonchev–Trinajstić information content (AvgIpc) is 1.82. The van der Waals surface area contributed by atoms with E-state index in [9.17, 15) is 13.2 Å². The highest BCUT2D eigenvalue weighted by molar-refractivity contribution is 6.49. The molecule has 0 radical (unpaired) electrons. The molecule has 1 unspecified atom stereocenters. The third-order valence-electron chi connectivity index (χ3n) is 1.24. The van der Waals surface area contributed by atoms with Gasteiger partial charge in [-0.1, -0.05) is 34.9 Å². The fourth-order valence-electron chi connectivity index (χ4n) is 0.588. The zero-order valence-corrected chi connectivity index (χ0v) is 8.50. The summed E-state index contributed by atoms with van der Waals surface area (Å²) in [7, 11) is 0. The van der Waals surface area contributed by atoms with Crippen LogP contribution in [0.15, 0.2) is 11.6 Å². The van der Waals surface area contributed by atoms with E-state index in [1.807, 2.05) is 0 Å². The molecular weight excluding hydrogens is 228 g/mol. The van der Waals surface area contributed by atoms with Gasteiger partial charge in [-0.05, 0) is 13.8 Å². The number of aliphatic hydroxyl groups excluding tert-OH is 1. The molecule has 0 bridgehead atoms. The first-order valence-corrected chi connectivity index (χ1v) is 4.12. The number of halogens is 5. The summed E-state index contributed by atoms with van der Waals surface area (Å²) in [5, 5.41) is 9.02. The molecule has 0 saturated heterocycles. The van der Waals surface area contributed by atoms with Gasteiger partial charge in [-0.3, -0.25) is 0 Å². The Balaban J connectivity index is 4.75. The van der Waals surface area contributed by atoms with Crippen molar-refractivity contribution in [3.8, 4) is 0 Å². The Bertz CT molecular complexity index is 206. The average molecular weight is 237 g/mol. The second-order valence-electron chi connectivity index (χ2n) is 2.81. The molecule has 0 amide bonds. The summed E-state index contributed by atoms with van der Waals surface area (Å²) in [6.07, 6.45) is -5.87. The summed E-state index contributed by atoms with van der Waals surface area (Å²) >= 11 is 9.91. The third-order valence-corrected chi connectivity index (χ3v) is 2.12. The zero-order chi connectivity index (χ0) is 10.9. The van der Waals surface area contributed by atoms with Gasteiger partial charge in [-0.25, -0.2) is 0 Å². The van der Waals surface area contributed by atoms with Gasteiger partial charge in [0.25, 0.3) is 0 Å². The van der Waals surface area contributed by atoms with Gasteiger partial charge in [-0.2, -0.15) is 13.2 Å². The number of allylic oxidation sites excluding steroid dienone is 1. The lowest BCUT2D eigenvalue weighted by Gasteiger charge is -2.26. The van der Waals surface area contributed by atoms with Gasteiger partial charge < -0.3 is 5.11 Å². The Morgan fingerprint density at radius 2 is 1.69 bits per heavy atom. The Morgan fingerprint density at radius 3 is 1.92 bits per heavy atom. The number of rotatable bonds is 2. The predicted octanol–water partition coefficient (Wildman–Crippen LogP) is 3.05. The third kappa shape index (κ3) is 3.37. The summed E-state index contributed by atoms with van der Waals surface area (Å²) in [6, 6.07) is 0. The number of alkyl halides is 5. The zero-order valence-electron chi connectivity index (χ0n) is 6.99. The van der Waals surface area contributed by atoms with Crippen LogP contribution in [0.25, 0.3) is 0 Å². The first-order valence-electron chi connectivity index (χ1n) is 3.36. The topological polar surface area (TPSA) is 20.2 Å². The molecule has 13 heavy (non-hydrogen) atoms. The minimum absolute atomic E-state index is 0.502. The van der Waals surface area contributed by atoms with E-state index in [1.165, 1.54) is 13.8 Å². The van der Waals surface area contributed by atoms with E-state index < -0.39 is 16.6 Å². The molecule has 6 heteroatoms. The summed E-state index contributed by atoms with van der Waals surface area (Å²) in [5.74, 6) is 0. The van der Waals surface area contributed by atoms with Crippen molar-refractivity contribution in [3.05, 3.63) is 11.6 Å². The maximum Gasteiger partial charge on any atom is 0.424 e. The van der Waals surface area contributed by atoms with Crippen molar-refractivity contribution in [1.29, 1.82) is 0 Å². The van der Waals surface area contributed by atoms with Crippen LogP contribution in [-0.4, -0.2) is 21.7 Å². The van der Waals surface area contributed by atoms with Gasteiger partial charge in [0.05, 0.1) is 0 Å². The predicted molar refractivity (Wildman–Crippen MR) is 45.9 cm³/mol. The molecule has 0 aromatic heterocycles. The molecule has 0 aliphatic heterocycles. The highest BCUT2D eigenvalue weighted by Crippen LogP contribution is 2.43. The standard InChI is InChI=1S/C7H9Cl2F3O/c1-4(2)3-5(13)6(8,9)7(10,11)12/h3,5,13H,1-2H3. The van der Waals surface area contributed by atoms with Crippen LogP contribution in [-0.2, 0) is 0 Å². The van der Waals surface area contributed by atoms with Crippen molar-refractivity contribution < 1.29 is 18.3 Å². The maximum atomic E-state index is 12.1. The number of aliphatic hydroxyl groups is 1. The largest absolute Gasteiger partial charge is 0.424 e. The normalized spacial score (nSPS) is 15.4. The minimum atomic E-state index is -4.86. The Hall–Kier alpha value is 0.0700. The van der Waals surface area contributed by atoms with E-state index in [-0.39, 0.29) is 0 Å². The second-order valence-corrected chi connectivity index (χ2v) is 4.20. The fourth-order valence-corrected chi connectivity index (χ4v) is 0.714. The maximum absolute atomic E-state index is 12.1. The molecular formula is C7H9Cl2F3O. The molecule has 0 saturated carbocycles. The molecule has 1 N–H and O–H groups in total. The van der Waals surface area contributed by atoms with Crippen molar-refractivity contribution in [2.24, 2.45) is 0 Å². The lowest BCUT2D eigenvalue weighted by Crippen LogP contribution is -2.44. The van der Waals surface area contributed by atoms with Crippen LogP contribution in [0.3, 0.4) is 0 Å². The van der Waals surface area contributed by atoms with Gasteiger partial charge in [0, 0.05) is 0 Å². The molecule has 78 valence electrons. The summed E-state index contributed by atoms with van der Waals surface area (Å²) in [4.78, 5) is 0. The molecule has 0 aliphatic rings. The summed E-state index contributed by atoms with van der Waals surface area (Å²) in [6.45, 7) is 3.06. The Labute approximate surface area is 84.1 Å². The van der Waals surface area contributed by atoms with E-state index in [4.69, 9.17) is 28.3 Å². The van der Waals surface area contributed by atoms with Crippen LogP contribution < -0.4 is 0 Å². The highest BCUT2D eigenvalue weighted by Gasteiger charge is 2.56. The Morgan fingerprint density at radius 1 is 1.31 bits per heavy atom. The van der Waals surface area contributed by atoms with Crippen molar-refractivity contribution in [3.63, 3.8) is 0 Å². The van der Waals surface area contributed by atoms with Crippen LogP contribution in [0.5, 0.6) is 0 Å². The second kappa shape index (κ2) is 4.07. The quantitative estimate of drug-likeness (QED) is 0.578. The summed E-state index contributed by atoms with van der Waals surface area (Å²) < 4.78 is 33.1. The van der Waals surface area contributed by atoms with E-state index in [0.29, 0.717) is 5.57 Å². The van der Waals surface area contributed by atoms with Crippen molar-refractivity contribution in [2.45, 2.75) is 30.5 Å². The first-order chi connectivity index (χ1) is 5.59. The van der Waals surface area contributed by atoms with Crippen LogP contribution in [0.4, 0.5) is 13.2 Å². The molecule has 0 rings (SSSR count). The minimum Gasteiger partial charge on any atom is -0.386 e. The molecule has 0 aromatic carbocycles. The monoisotopic (exact) mass is 236 g/mol. The molecule has 0 heterocycles. The van der Waals surface area contributed by atoms with Crippen LogP contribution in [0, 0.1) is 0 Å². The SMILES string of the molecule is CC(C)=CC(O)C(Cl)(Cl)C(F)(F)F. The molecule has 0 spiro atoms. The van der Waals surface area contributed by atoms with Crippen molar-refractivity contribution >= 4 is 23.2 Å². The van der Waals surface area contributed by atoms with E-state index in [0.717, 1.165) is 6.08 Å². The van der Waals surface area contributed by atoms with E-state index in [1.54, 1.807) is 0 Å². The summed E-state index contributed by atoms with van der Waals surface area (Å²) in [5.41, 5.74) is 0.502. The highest BCUT2D eigenvalue weighted by atomic mass is 35.5. The van der Waals surface area contributed by atoms with Gasteiger partial charge in [0.15, 0.2) is 0 Å². The van der Waals surface area contributed by atoms with Crippen LogP contribution >= 0.6 is 23.2 Å². The van der Waals surface area contributed by atoms with Gasteiger partial charge in [-0.15, -0.1) is 0 Å². The number of hydrogen-bond donors (Lipinski definition) is 1. The number of hydrogen-bond acceptors (Lipinski definition) is 1. The molecule has 1 nitrogen and oxygen atoms in total. The first kappa shape index (κ1) is 13.1. The lowest BCUT2D eigenvalue weighted by molar-refractivity contribution is -0.156. The smallest absolute Gasteiger partial charge is 0.386 e. The lowest BCUT2D eigenvalue weighted by atomic mass is 10.1. The van der Waals surface area contributed by atoms with Crippen LogP contribution in [0.1, 0.15) is 13.8 Å². The molecule has 0 aliphatic carbocycles. The molecule has 1 atom stereocenters. The Kier molecular flexibility index (Phi) is 4.09. The van der Waals surface area contributed by atoms with Crippen molar-refractivity contribution in [2.75, 3.05) is 0 Å². The molecule has 0 fully saturated rings. The van der Waals surface area contributed by atoms with E-state index in [2.05, 4.69) is 0 Å². The van der Waals surface area contributed by atoms with Crippen molar-refractivity contribution in [1.82, 2.24) is 0 Å². The van der Waals surface area contributed by atoms with Gasteiger partial charge in [0.2, 0.25) is 4.33 Å². The van der Waals surface area contributed by atoms with Gasteiger partial charge in [0.1, 0.15) is 6.10 Å². The molecule has 0 aromatic rings. The van der Waals surface area contributed by atoms with E-state index >= 15 is 0 Å².